The largest absolute Gasteiger partial charge is 0.0848 e. The van der Waals surface area contributed by atoms with Gasteiger partial charge in [0.05, 0.1) is 0 Å². The number of rotatable bonds is 7. The van der Waals surface area contributed by atoms with E-state index in [1.807, 2.05) is 6.08 Å². The molecule has 0 fully saturated rings. The maximum atomic E-state index is 5.19. The van der Waals surface area contributed by atoms with Crippen LogP contribution in [0.2, 0.25) is 0 Å². The molecule has 0 aliphatic rings. The minimum absolute atomic E-state index is 1.11. The molecule has 0 aromatic rings. The summed E-state index contributed by atoms with van der Waals surface area (Å²) in [5.41, 5.74) is 0. The van der Waals surface area contributed by atoms with E-state index in [9.17, 15) is 0 Å². The average molecular weight is 175 g/mol. The number of allylic oxidation sites excluding steroid dienone is 7. The third-order valence-electron chi connectivity index (χ3n) is 1.61. The highest BCUT2D eigenvalue weighted by Crippen LogP contribution is 1.98. The minimum Gasteiger partial charge on any atom is -0.0848 e. The zero-order chi connectivity index (χ0) is 9.78. The standard InChI is InChI=1S/C13H19/c1-3-5-7-9-11-13-12-10-8-6-4-2/h1,3,5-8,10,12H,4,9,11,13H2,2H3. The van der Waals surface area contributed by atoms with Gasteiger partial charge in [-0.2, -0.15) is 0 Å². The van der Waals surface area contributed by atoms with Crippen LogP contribution in [0.4, 0.5) is 0 Å². The van der Waals surface area contributed by atoms with Crippen molar-refractivity contribution < 1.29 is 0 Å². The van der Waals surface area contributed by atoms with Crippen LogP contribution in [0.3, 0.4) is 0 Å². The molecule has 0 N–H and O–H groups in total. The van der Waals surface area contributed by atoms with Crippen molar-refractivity contribution in [3.8, 4) is 0 Å². The first kappa shape index (κ1) is 12.0. The Hall–Kier alpha value is -1.04. The Bertz CT molecular complexity index is 182. The number of unbranched alkanes of at least 4 members (excludes halogenated alkanes) is 2. The number of hydrogen-bond acceptors (Lipinski definition) is 0. The molecular formula is C13H19. The van der Waals surface area contributed by atoms with Gasteiger partial charge in [-0.1, -0.05) is 56.0 Å². The van der Waals surface area contributed by atoms with E-state index in [1.165, 1.54) is 6.42 Å². The third kappa shape index (κ3) is 11.0. The van der Waals surface area contributed by atoms with Gasteiger partial charge in [-0.25, -0.2) is 0 Å². The van der Waals surface area contributed by atoms with Crippen molar-refractivity contribution in [1.29, 1.82) is 0 Å². The van der Waals surface area contributed by atoms with Crippen LogP contribution >= 0.6 is 0 Å². The smallest absolute Gasteiger partial charge is 0.0345 e. The van der Waals surface area contributed by atoms with Crippen LogP contribution in [0, 0.1) is 6.58 Å². The Kier molecular flexibility index (Phi) is 10.1. The van der Waals surface area contributed by atoms with Gasteiger partial charge in [-0.3, -0.25) is 0 Å². The van der Waals surface area contributed by atoms with Crippen molar-refractivity contribution >= 4 is 0 Å². The van der Waals surface area contributed by atoms with Gasteiger partial charge in [0.2, 0.25) is 0 Å². The molecule has 0 heteroatoms. The zero-order valence-corrected chi connectivity index (χ0v) is 8.45. The lowest BCUT2D eigenvalue weighted by molar-refractivity contribution is 0.868. The summed E-state index contributed by atoms with van der Waals surface area (Å²) in [4.78, 5) is 0. The molecule has 13 heavy (non-hydrogen) atoms. The Morgan fingerprint density at radius 3 is 2.15 bits per heavy atom. The normalized spacial score (nSPS) is 12.1. The average Bonchev–Trinajstić information content (AvgIpc) is 2.16. The van der Waals surface area contributed by atoms with E-state index < -0.39 is 0 Å². The fraction of sp³-hybridized carbons (Fsp3) is 0.385. The van der Waals surface area contributed by atoms with Gasteiger partial charge in [0.15, 0.2) is 0 Å². The van der Waals surface area contributed by atoms with Crippen molar-refractivity contribution in [2.45, 2.75) is 32.6 Å². The lowest BCUT2D eigenvalue weighted by Gasteiger charge is -1.87. The summed E-state index contributed by atoms with van der Waals surface area (Å²) < 4.78 is 0. The summed E-state index contributed by atoms with van der Waals surface area (Å²) in [6, 6.07) is 0. The van der Waals surface area contributed by atoms with Gasteiger partial charge in [-0.05, 0) is 25.7 Å². The molecule has 0 aromatic carbocycles. The first-order chi connectivity index (χ1) is 6.41. The highest BCUT2D eigenvalue weighted by Gasteiger charge is 1.78. The van der Waals surface area contributed by atoms with Crippen molar-refractivity contribution in [2.24, 2.45) is 0 Å². The molecule has 0 heterocycles. The lowest BCUT2D eigenvalue weighted by atomic mass is 10.2. The van der Waals surface area contributed by atoms with Crippen molar-refractivity contribution in [3.63, 3.8) is 0 Å². The molecule has 71 valence electrons. The fourth-order valence-corrected chi connectivity index (χ4v) is 0.918. The first-order valence-electron chi connectivity index (χ1n) is 4.93. The Balaban J connectivity index is 3.24. The van der Waals surface area contributed by atoms with Gasteiger partial charge in [0.25, 0.3) is 0 Å². The second kappa shape index (κ2) is 11.0. The molecule has 0 spiro atoms. The summed E-state index contributed by atoms with van der Waals surface area (Å²) >= 11 is 0. The molecule has 0 atom stereocenters. The Labute approximate surface area is 82.4 Å². The maximum Gasteiger partial charge on any atom is -0.0345 e. The zero-order valence-electron chi connectivity index (χ0n) is 8.45. The van der Waals surface area contributed by atoms with Crippen molar-refractivity contribution in [2.75, 3.05) is 0 Å². The van der Waals surface area contributed by atoms with E-state index in [2.05, 4.69) is 37.3 Å². The van der Waals surface area contributed by atoms with Crippen molar-refractivity contribution in [1.82, 2.24) is 0 Å². The van der Waals surface area contributed by atoms with Crippen LogP contribution in [0.15, 0.2) is 42.5 Å². The van der Waals surface area contributed by atoms with E-state index >= 15 is 0 Å². The summed E-state index contributed by atoms with van der Waals surface area (Å²) in [6.45, 7) is 7.33. The van der Waals surface area contributed by atoms with Crippen LogP contribution in [-0.4, -0.2) is 0 Å². The molecule has 0 bridgehead atoms. The summed E-state index contributed by atoms with van der Waals surface area (Å²) in [5, 5.41) is 0. The molecule has 0 amide bonds. The van der Waals surface area contributed by atoms with E-state index in [0.29, 0.717) is 0 Å². The summed E-state index contributed by atoms with van der Waals surface area (Å²) in [7, 11) is 0. The molecule has 0 aliphatic heterocycles. The molecule has 0 saturated heterocycles. The lowest BCUT2D eigenvalue weighted by Crippen LogP contribution is -1.67. The quantitative estimate of drug-likeness (QED) is 0.401. The van der Waals surface area contributed by atoms with Crippen LogP contribution in [0.25, 0.3) is 0 Å². The van der Waals surface area contributed by atoms with E-state index in [1.54, 1.807) is 6.08 Å². The van der Waals surface area contributed by atoms with Crippen LogP contribution in [0.1, 0.15) is 32.6 Å². The molecular weight excluding hydrogens is 156 g/mol. The fourth-order valence-electron chi connectivity index (χ4n) is 0.918. The molecule has 1 radical (unpaired) electrons. The molecule has 0 aromatic heterocycles. The van der Waals surface area contributed by atoms with Crippen LogP contribution in [0.5, 0.6) is 0 Å². The SMILES string of the molecule is [CH]=CC=CCCCC=CC=CCC. The van der Waals surface area contributed by atoms with Crippen LogP contribution in [-0.2, 0) is 0 Å². The van der Waals surface area contributed by atoms with Gasteiger partial charge in [0, 0.05) is 0 Å². The Morgan fingerprint density at radius 1 is 0.923 bits per heavy atom. The molecule has 0 nitrogen and oxygen atoms in total. The molecule has 0 unspecified atom stereocenters. The van der Waals surface area contributed by atoms with E-state index in [0.717, 1.165) is 19.3 Å². The van der Waals surface area contributed by atoms with Gasteiger partial charge < -0.3 is 0 Å². The predicted octanol–water partition coefficient (Wildman–Crippen LogP) is 4.22. The van der Waals surface area contributed by atoms with Gasteiger partial charge >= 0.3 is 0 Å². The molecule has 0 saturated carbocycles. The third-order valence-corrected chi connectivity index (χ3v) is 1.61. The molecule has 0 rings (SSSR count). The second-order valence-corrected chi connectivity index (χ2v) is 2.82. The topological polar surface area (TPSA) is 0 Å². The van der Waals surface area contributed by atoms with Gasteiger partial charge in [0.1, 0.15) is 0 Å². The number of hydrogen-bond donors (Lipinski definition) is 0. The monoisotopic (exact) mass is 175 g/mol. The Morgan fingerprint density at radius 2 is 1.54 bits per heavy atom. The highest BCUT2D eigenvalue weighted by molar-refractivity contribution is 5.02. The van der Waals surface area contributed by atoms with E-state index in [-0.39, 0.29) is 0 Å². The van der Waals surface area contributed by atoms with Crippen molar-refractivity contribution in [3.05, 3.63) is 49.1 Å². The highest BCUT2D eigenvalue weighted by atomic mass is 13.8. The summed E-state index contributed by atoms with van der Waals surface area (Å²) in [5.74, 6) is 0. The first-order valence-corrected chi connectivity index (χ1v) is 4.93. The van der Waals surface area contributed by atoms with Gasteiger partial charge in [-0.15, -0.1) is 0 Å². The second-order valence-electron chi connectivity index (χ2n) is 2.82. The predicted molar refractivity (Wildman–Crippen MR) is 60.4 cm³/mol. The molecule has 0 aliphatic carbocycles. The minimum atomic E-state index is 1.11. The van der Waals surface area contributed by atoms with E-state index in [4.69, 9.17) is 6.58 Å². The van der Waals surface area contributed by atoms with Crippen LogP contribution < -0.4 is 0 Å². The maximum absolute atomic E-state index is 5.19. The summed E-state index contributed by atoms with van der Waals surface area (Å²) in [6.07, 6.45) is 18.7.